The molecule has 0 saturated carbocycles. The van der Waals surface area contributed by atoms with Gasteiger partial charge >= 0.3 is 6.03 Å². The van der Waals surface area contributed by atoms with Gasteiger partial charge in [-0.25, -0.2) is 4.79 Å². The van der Waals surface area contributed by atoms with E-state index < -0.39 is 0 Å². The number of hydrogen-bond donors (Lipinski definition) is 2. The normalized spacial score (nSPS) is 14.5. The zero-order valence-corrected chi connectivity index (χ0v) is 17.5. The van der Waals surface area contributed by atoms with Crippen molar-refractivity contribution in [3.63, 3.8) is 0 Å². The Bertz CT molecular complexity index is 1010. The third kappa shape index (κ3) is 4.89. The number of benzene rings is 2. The van der Waals surface area contributed by atoms with Crippen LogP contribution in [-0.4, -0.2) is 44.9 Å². The minimum Gasteiger partial charge on any atom is -0.381 e. The number of rotatable bonds is 5. The number of nitrogens with one attached hydrogen (secondary N) is 2. The average Bonchev–Trinajstić information content (AvgIpc) is 2.78. The Labute approximate surface area is 177 Å². The molecule has 3 aromatic rings. The summed E-state index contributed by atoms with van der Waals surface area (Å²) in [5.41, 5.74) is 4.96. The zero-order chi connectivity index (χ0) is 20.9. The Balaban J connectivity index is 1.41. The molecule has 0 radical (unpaired) electrons. The molecule has 0 bridgehead atoms. The van der Waals surface area contributed by atoms with Gasteiger partial charge < -0.3 is 20.3 Å². The van der Waals surface area contributed by atoms with Crippen LogP contribution in [0.1, 0.15) is 12.8 Å². The zero-order valence-electron chi connectivity index (χ0n) is 17.5. The number of aromatic nitrogens is 1. The molecule has 6 nitrogen and oxygen atoms in total. The molecule has 2 heterocycles. The molecule has 156 valence electrons. The van der Waals surface area contributed by atoms with Crippen molar-refractivity contribution in [3.05, 3.63) is 54.7 Å². The predicted octanol–water partition coefficient (Wildman–Crippen LogP) is 4.52. The fourth-order valence-electron chi connectivity index (χ4n) is 3.67. The molecule has 30 heavy (non-hydrogen) atoms. The molecule has 0 spiro atoms. The summed E-state index contributed by atoms with van der Waals surface area (Å²) in [6.45, 7) is 2.25. The third-order valence-corrected chi connectivity index (χ3v) is 5.55. The summed E-state index contributed by atoms with van der Waals surface area (Å²) in [7, 11) is 4.06. The van der Waals surface area contributed by atoms with E-state index >= 15 is 0 Å². The molecule has 4 rings (SSSR count). The first-order chi connectivity index (χ1) is 14.6. The van der Waals surface area contributed by atoms with Crippen LogP contribution in [-0.2, 0) is 4.74 Å². The van der Waals surface area contributed by atoms with Crippen LogP contribution in [0.3, 0.4) is 0 Å². The molecular formula is C24H28N4O2. The molecule has 1 aromatic heterocycles. The number of anilines is 2. The summed E-state index contributed by atoms with van der Waals surface area (Å²) in [6, 6.07) is 16.2. The van der Waals surface area contributed by atoms with Crippen LogP contribution in [0.15, 0.2) is 54.7 Å². The number of hydrogen-bond acceptors (Lipinski definition) is 4. The Morgan fingerprint density at radius 2 is 1.83 bits per heavy atom. The number of fused-ring (bicyclic) bond motifs is 1. The highest BCUT2D eigenvalue weighted by atomic mass is 16.5. The molecule has 1 fully saturated rings. The van der Waals surface area contributed by atoms with Crippen LogP contribution in [0.25, 0.3) is 22.0 Å². The Kier molecular flexibility index (Phi) is 6.14. The topological polar surface area (TPSA) is 66.5 Å². The van der Waals surface area contributed by atoms with E-state index in [2.05, 4.69) is 50.8 Å². The SMILES string of the molecule is CN(C)c1ccc(-c2cnc3cc(NC(=O)NCC4CCOCC4)ccc3c2)cc1. The van der Waals surface area contributed by atoms with E-state index in [4.69, 9.17) is 4.74 Å². The number of urea groups is 1. The second kappa shape index (κ2) is 9.13. The van der Waals surface area contributed by atoms with Crippen molar-refractivity contribution >= 4 is 28.3 Å². The van der Waals surface area contributed by atoms with E-state index in [1.54, 1.807) is 0 Å². The minimum absolute atomic E-state index is 0.182. The first kappa shape index (κ1) is 20.2. The van der Waals surface area contributed by atoms with Crippen LogP contribution >= 0.6 is 0 Å². The number of carbonyl (C=O) groups excluding carboxylic acids is 1. The Morgan fingerprint density at radius 3 is 2.57 bits per heavy atom. The molecular weight excluding hydrogens is 376 g/mol. The Morgan fingerprint density at radius 1 is 1.07 bits per heavy atom. The van der Waals surface area contributed by atoms with E-state index in [-0.39, 0.29) is 6.03 Å². The fourth-order valence-corrected chi connectivity index (χ4v) is 3.67. The van der Waals surface area contributed by atoms with Crippen LogP contribution in [0, 0.1) is 5.92 Å². The summed E-state index contributed by atoms with van der Waals surface area (Å²) < 4.78 is 5.36. The lowest BCUT2D eigenvalue weighted by Gasteiger charge is -2.22. The fraction of sp³-hybridized carbons (Fsp3) is 0.333. The van der Waals surface area contributed by atoms with Gasteiger partial charge in [0.1, 0.15) is 0 Å². The highest BCUT2D eigenvalue weighted by Crippen LogP contribution is 2.26. The van der Waals surface area contributed by atoms with Crippen molar-refractivity contribution in [2.75, 3.05) is 44.1 Å². The third-order valence-electron chi connectivity index (χ3n) is 5.55. The lowest BCUT2D eigenvalue weighted by molar-refractivity contribution is 0.0671. The molecule has 1 aliphatic heterocycles. The van der Waals surface area contributed by atoms with Crippen LogP contribution in [0.4, 0.5) is 16.2 Å². The van der Waals surface area contributed by atoms with Gasteiger partial charge in [-0.05, 0) is 54.7 Å². The minimum atomic E-state index is -0.182. The number of pyridine rings is 1. The van der Waals surface area contributed by atoms with Gasteiger partial charge in [0.15, 0.2) is 0 Å². The van der Waals surface area contributed by atoms with E-state index in [0.717, 1.165) is 53.8 Å². The first-order valence-electron chi connectivity index (χ1n) is 10.4. The van der Waals surface area contributed by atoms with Crippen molar-refractivity contribution in [2.24, 2.45) is 5.92 Å². The smallest absolute Gasteiger partial charge is 0.319 e. The average molecular weight is 405 g/mol. The first-order valence-corrected chi connectivity index (χ1v) is 10.4. The molecule has 2 amide bonds. The molecule has 2 N–H and O–H groups in total. The molecule has 0 atom stereocenters. The highest BCUT2D eigenvalue weighted by Gasteiger charge is 2.14. The van der Waals surface area contributed by atoms with Gasteiger partial charge in [-0.15, -0.1) is 0 Å². The van der Waals surface area contributed by atoms with Crippen molar-refractivity contribution < 1.29 is 9.53 Å². The van der Waals surface area contributed by atoms with Crippen molar-refractivity contribution in [1.29, 1.82) is 0 Å². The summed E-state index contributed by atoms with van der Waals surface area (Å²) >= 11 is 0. The van der Waals surface area contributed by atoms with Gasteiger partial charge in [-0.3, -0.25) is 4.98 Å². The van der Waals surface area contributed by atoms with E-state index in [0.29, 0.717) is 12.5 Å². The van der Waals surface area contributed by atoms with Gasteiger partial charge in [0, 0.05) is 62.4 Å². The standard InChI is InChI=1S/C24H28N4O2/c1-28(2)22-7-4-18(5-8-22)20-13-19-3-6-21(14-23(19)25-16-20)27-24(29)26-15-17-9-11-30-12-10-17/h3-8,13-14,16-17H,9-12,15H2,1-2H3,(H2,26,27,29). The van der Waals surface area contributed by atoms with Gasteiger partial charge in [0.25, 0.3) is 0 Å². The summed E-state index contributed by atoms with van der Waals surface area (Å²) in [6.07, 6.45) is 3.88. The number of nitrogens with zero attached hydrogens (tertiary/aromatic N) is 2. The predicted molar refractivity (Wildman–Crippen MR) is 122 cm³/mol. The van der Waals surface area contributed by atoms with E-state index in [1.165, 1.54) is 5.69 Å². The highest BCUT2D eigenvalue weighted by molar-refractivity contribution is 5.93. The second-order valence-electron chi connectivity index (χ2n) is 7.96. The van der Waals surface area contributed by atoms with Crippen molar-refractivity contribution in [3.8, 4) is 11.1 Å². The van der Waals surface area contributed by atoms with Crippen LogP contribution in [0.2, 0.25) is 0 Å². The quantitative estimate of drug-likeness (QED) is 0.656. The molecule has 0 unspecified atom stereocenters. The number of amides is 2. The van der Waals surface area contributed by atoms with E-state index in [9.17, 15) is 4.79 Å². The molecule has 0 aliphatic carbocycles. The summed E-state index contributed by atoms with van der Waals surface area (Å²) in [5, 5.41) is 6.91. The number of carbonyl (C=O) groups is 1. The Hall–Kier alpha value is -3.12. The van der Waals surface area contributed by atoms with Gasteiger partial charge in [0.2, 0.25) is 0 Å². The van der Waals surface area contributed by atoms with Gasteiger partial charge in [0.05, 0.1) is 5.52 Å². The molecule has 2 aromatic carbocycles. The summed E-state index contributed by atoms with van der Waals surface area (Å²) in [4.78, 5) is 18.9. The maximum atomic E-state index is 12.2. The maximum Gasteiger partial charge on any atom is 0.319 e. The lowest BCUT2D eigenvalue weighted by atomic mass is 10.0. The van der Waals surface area contributed by atoms with E-state index in [1.807, 2.05) is 38.5 Å². The van der Waals surface area contributed by atoms with Crippen LogP contribution in [0.5, 0.6) is 0 Å². The summed E-state index contributed by atoms with van der Waals surface area (Å²) in [5.74, 6) is 0.494. The second-order valence-corrected chi connectivity index (χ2v) is 7.96. The van der Waals surface area contributed by atoms with Crippen molar-refractivity contribution in [2.45, 2.75) is 12.8 Å². The van der Waals surface area contributed by atoms with Crippen LogP contribution < -0.4 is 15.5 Å². The molecule has 1 aliphatic rings. The lowest BCUT2D eigenvalue weighted by Crippen LogP contribution is -2.35. The number of ether oxygens (including phenoxy) is 1. The maximum absolute atomic E-state index is 12.2. The monoisotopic (exact) mass is 404 g/mol. The van der Waals surface area contributed by atoms with Gasteiger partial charge in [-0.1, -0.05) is 18.2 Å². The molecule has 6 heteroatoms. The van der Waals surface area contributed by atoms with Gasteiger partial charge in [-0.2, -0.15) is 0 Å². The molecule has 1 saturated heterocycles. The van der Waals surface area contributed by atoms with Crippen molar-refractivity contribution in [1.82, 2.24) is 10.3 Å². The largest absolute Gasteiger partial charge is 0.381 e.